The number of carbonyl (C=O) groups is 2. The highest BCUT2D eigenvalue weighted by Crippen LogP contribution is 2.56. The number of hydrogen-bond donors (Lipinski definition) is 3. The lowest BCUT2D eigenvalue weighted by molar-refractivity contribution is -0.144. The highest BCUT2D eigenvalue weighted by molar-refractivity contribution is 7.89. The number of allylic oxidation sites excluding steroid dienone is 1. The van der Waals surface area contributed by atoms with Crippen LogP contribution in [0.5, 0.6) is 0 Å². The Labute approximate surface area is 463 Å². The molecule has 6 aliphatic rings. The van der Waals surface area contributed by atoms with E-state index in [2.05, 4.69) is 18.7 Å². The maximum absolute atomic E-state index is 13.8. The van der Waals surface area contributed by atoms with Crippen LogP contribution in [0.1, 0.15) is 110 Å². The van der Waals surface area contributed by atoms with Gasteiger partial charge in [0.2, 0.25) is 30.1 Å². The van der Waals surface area contributed by atoms with Gasteiger partial charge in [0.1, 0.15) is 34.2 Å². The smallest absolute Gasteiger partial charge is 0.340 e. The summed E-state index contributed by atoms with van der Waals surface area (Å²) in [7, 11) is -11.3. The van der Waals surface area contributed by atoms with Crippen LogP contribution in [0.2, 0.25) is 0 Å². The third kappa shape index (κ3) is 11.0. The largest absolute Gasteiger partial charge is 0.482 e. The minimum absolute atomic E-state index is 0.000830. The molecule has 6 N–H and O–H groups in total. The molecule has 0 atom stereocenters. The van der Waals surface area contributed by atoms with Gasteiger partial charge in [-0.2, -0.15) is 0 Å². The fraction of sp³-hybridized carbons (Fsp3) is 0.246. The summed E-state index contributed by atoms with van der Waals surface area (Å²) in [5.41, 5.74) is 6.87. The minimum atomic E-state index is -3.82. The summed E-state index contributed by atoms with van der Waals surface area (Å²) in [5.74, 6) is -1.06. The lowest BCUT2D eigenvalue weighted by atomic mass is 9.83. The predicted molar refractivity (Wildman–Crippen MR) is 299 cm³/mol. The maximum Gasteiger partial charge on any atom is 0.340 e. The van der Waals surface area contributed by atoms with Gasteiger partial charge in [0.05, 0.1) is 25.8 Å². The number of halogens is 2. The van der Waals surface area contributed by atoms with Crippen LogP contribution in [0.3, 0.4) is 0 Å². The summed E-state index contributed by atoms with van der Waals surface area (Å²) in [6, 6.07) is 40.6. The summed E-state index contributed by atoms with van der Waals surface area (Å²) in [6.07, 6.45) is 10.6. The molecule has 0 aromatic heterocycles. The van der Waals surface area contributed by atoms with Crippen molar-refractivity contribution in [1.29, 1.82) is 0 Å². The summed E-state index contributed by atoms with van der Waals surface area (Å²) in [5, 5.41) is 15.6. The number of sulfonamides is 3. The highest BCUT2D eigenvalue weighted by atomic mass is 32.2. The molecule has 3 aliphatic heterocycles. The third-order valence-electron chi connectivity index (χ3n) is 15.7. The van der Waals surface area contributed by atoms with Gasteiger partial charge in [-0.1, -0.05) is 97.6 Å². The number of primary sulfonamides is 3. The molecule has 3 heterocycles. The Morgan fingerprint density at radius 3 is 1.07 bits per heavy atom. The quantitative estimate of drug-likeness (QED) is 0.115. The van der Waals surface area contributed by atoms with E-state index < -0.39 is 59.0 Å². The van der Waals surface area contributed by atoms with Crippen molar-refractivity contribution >= 4 is 75.4 Å². The fourth-order valence-electron chi connectivity index (χ4n) is 12.2. The van der Waals surface area contributed by atoms with Gasteiger partial charge >= 0.3 is 11.9 Å². The molecule has 0 radical (unpaired) electrons. The van der Waals surface area contributed by atoms with Crippen molar-refractivity contribution in [3.05, 3.63) is 209 Å². The molecule has 3 fully saturated rings. The number of hydrogen-bond acceptors (Lipinski definition) is 11. The van der Waals surface area contributed by atoms with Gasteiger partial charge in [-0.15, -0.1) is 0 Å². The maximum atomic E-state index is 13.8. The van der Waals surface area contributed by atoms with Crippen LogP contribution < -0.4 is 15.4 Å². The molecule has 0 amide bonds. The zero-order chi connectivity index (χ0) is 56.8. The SMILES string of the molecule is C=C1OC2(CCCC2)C(c2ccc(S(N)(=O)=O)cc2)=C1c1ccccc1.NS(=O)(=O)c1ccc(C2=C(c3ccc(F)cc3)C(=O)OC23CCCC3)cc1.NS(=O)(=O)c1ccc(C2=C(c3cccc(F)c3)C(=O)OC23CCCC3)cc1. The van der Waals surface area contributed by atoms with Crippen LogP contribution in [0, 0.1) is 11.6 Å². The van der Waals surface area contributed by atoms with Gasteiger partial charge in [-0.05, 0) is 171 Å². The molecule has 12 rings (SSSR count). The van der Waals surface area contributed by atoms with Crippen LogP contribution >= 0.6 is 0 Å². The van der Waals surface area contributed by atoms with E-state index >= 15 is 0 Å². The number of carbonyl (C=O) groups excluding carboxylic acids is 2. The first-order chi connectivity index (χ1) is 38.0. The van der Waals surface area contributed by atoms with Crippen molar-refractivity contribution in [3.63, 3.8) is 0 Å². The van der Waals surface area contributed by atoms with Crippen LogP contribution in [-0.2, 0) is 53.9 Å². The molecule has 0 unspecified atom stereocenters. The van der Waals surface area contributed by atoms with E-state index in [-0.39, 0.29) is 26.1 Å². The Morgan fingerprint density at radius 2 is 0.700 bits per heavy atom. The zero-order valence-electron chi connectivity index (χ0n) is 43.3. The molecule has 80 heavy (non-hydrogen) atoms. The molecular formula is C61H57F2N3O11S3. The van der Waals surface area contributed by atoms with E-state index in [1.165, 1.54) is 48.5 Å². The molecule has 3 aliphatic carbocycles. The average Bonchev–Trinajstić information content (AvgIpc) is 4.49. The van der Waals surface area contributed by atoms with Crippen molar-refractivity contribution in [3.8, 4) is 0 Å². The Hall–Kier alpha value is -7.39. The van der Waals surface area contributed by atoms with Crippen LogP contribution in [-0.4, -0.2) is 54.0 Å². The minimum Gasteiger partial charge on any atom is -0.482 e. The standard InChI is InChI=1S/C21H21NO3S.2C20H18FNO4S/c1-15-19(16-7-3-2-4-8-16)20(21(25-15)13-5-6-14-21)17-9-11-18(12-10-17)26(22,23)24;21-15-7-3-13(4-8-15)17-18(20(26-19(17)23)11-1-2-12-20)14-5-9-16(10-6-14)27(22,24)25;21-15-5-3-4-14(12-15)17-18(20(26-19(17)23)10-1-2-11-20)13-6-8-16(9-7-13)27(22,24)25/h2-4,7-12H,1,5-6,13-14H2,(H2,22,23,24);3-10H,1-2,11-12H2,(H2,22,24,25);3-9,12H,1-2,10-11H2,(H2,22,24,25). The summed E-state index contributed by atoms with van der Waals surface area (Å²) >= 11 is 0. The molecule has 0 bridgehead atoms. The van der Waals surface area contributed by atoms with Gasteiger partial charge in [0, 0.05) is 22.3 Å². The van der Waals surface area contributed by atoms with Crippen LogP contribution in [0.25, 0.3) is 33.4 Å². The van der Waals surface area contributed by atoms with E-state index in [1.54, 1.807) is 60.7 Å². The first kappa shape index (κ1) is 55.9. The van der Waals surface area contributed by atoms with Gasteiger partial charge < -0.3 is 14.2 Å². The Bertz CT molecular complexity index is 3880. The number of nitrogens with two attached hydrogens (primary N) is 3. The predicted octanol–water partition coefficient (Wildman–Crippen LogP) is 10.6. The Kier molecular flexibility index (Phi) is 15.1. The first-order valence-corrected chi connectivity index (χ1v) is 30.7. The lowest BCUT2D eigenvalue weighted by Crippen LogP contribution is -2.27. The fourth-order valence-corrected chi connectivity index (χ4v) is 13.7. The zero-order valence-corrected chi connectivity index (χ0v) is 45.8. The van der Waals surface area contributed by atoms with E-state index in [0.29, 0.717) is 70.4 Å². The molecule has 0 saturated heterocycles. The lowest BCUT2D eigenvalue weighted by Gasteiger charge is -2.27. The Morgan fingerprint density at radius 1 is 0.375 bits per heavy atom. The van der Waals surface area contributed by atoms with Crippen LogP contribution in [0.4, 0.5) is 8.78 Å². The van der Waals surface area contributed by atoms with Gasteiger partial charge in [0.15, 0.2) is 0 Å². The van der Waals surface area contributed by atoms with Crippen molar-refractivity contribution < 1.29 is 57.8 Å². The van der Waals surface area contributed by atoms with Gasteiger partial charge in [-0.3, -0.25) is 0 Å². The van der Waals surface area contributed by atoms with E-state index in [0.717, 1.165) is 79.2 Å². The molecule has 414 valence electrons. The van der Waals surface area contributed by atoms with Crippen LogP contribution in [0.15, 0.2) is 179 Å². The van der Waals surface area contributed by atoms with Gasteiger partial charge in [0.25, 0.3) is 0 Å². The molecular weight excluding hydrogens is 1080 g/mol. The summed E-state index contributed by atoms with van der Waals surface area (Å²) in [4.78, 5) is 25.6. The monoisotopic (exact) mass is 1140 g/mol. The van der Waals surface area contributed by atoms with Crippen molar-refractivity contribution in [1.82, 2.24) is 0 Å². The average molecular weight is 1140 g/mol. The molecule has 14 nitrogen and oxygen atoms in total. The van der Waals surface area contributed by atoms with Gasteiger partial charge in [-0.25, -0.2) is 59.0 Å². The third-order valence-corrected chi connectivity index (χ3v) is 18.4. The molecule has 19 heteroatoms. The Balaban J connectivity index is 0.000000135. The molecule has 6 aromatic rings. The van der Waals surface area contributed by atoms with E-state index in [1.807, 2.05) is 30.3 Å². The van der Waals surface area contributed by atoms with Crippen molar-refractivity contribution in [2.45, 2.75) is 109 Å². The molecule has 6 aromatic carbocycles. The second kappa shape index (κ2) is 21.6. The number of ether oxygens (including phenoxy) is 3. The second-order valence-corrected chi connectivity index (χ2v) is 25.4. The van der Waals surface area contributed by atoms with Crippen molar-refractivity contribution in [2.24, 2.45) is 15.4 Å². The normalized spacial score (nSPS) is 19.0. The molecule has 3 spiro atoms. The van der Waals surface area contributed by atoms with E-state index in [9.17, 15) is 43.6 Å². The topological polar surface area (TPSA) is 242 Å². The number of esters is 2. The summed E-state index contributed by atoms with van der Waals surface area (Å²) in [6.45, 7) is 4.17. The second-order valence-electron chi connectivity index (χ2n) is 20.7. The first-order valence-electron chi connectivity index (χ1n) is 26.1. The molecule has 3 saturated carbocycles. The van der Waals surface area contributed by atoms with Crippen molar-refractivity contribution in [2.75, 3.05) is 0 Å². The number of benzene rings is 6. The number of rotatable bonds is 9. The van der Waals surface area contributed by atoms with E-state index in [4.69, 9.17) is 29.6 Å². The summed E-state index contributed by atoms with van der Waals surface area (Å²) < 4.78 is 114. The highest BCUT2D eigenvalue weighted by Gasteiger charge is 2.52.